The van der Waals surface area contributed by atoms with Crippen molar-refractivity contribution in [2.24, 2.45) is 5.73 Å². The lowest BCUT2D eigenvalue weighted by molar-refractivity contribution is 0.462. The Morgan fingerprint density at radius 3 is 2.62 bits per heavy atom. The Bertz CT molecular complexity index is 310. The first kappa shape index (κ1) is 10.8. The van der Waals surface area contributed by atoms with E-state index < -0.39 is 5.54 Å². The zero-order valence-corrected chi connectivity index (χ0v) is 9.15. The van der Waals surface area contributed by atoms with Crippen LogP contribution in [0.3, 0.4) is 0 Å². The molecule has 0 aliphatic rings. The van der Waals surface area contributed by atoms with E-state index in [1.165, 1.54) is 0 Å². The van der Waals surface area contributed by atoms with E-state index in [2.05, 4.69) is 4.98 Å². The van der Waals surface area contributed by atoms with E-state index in [0.717, 1.165) is 6.42 Å². The molecule has 2 nitrogen and oxygen atoms in total. The maximum atomic E-state index is 6.00. The van der Waals surface area contributed by atoms with Crippen molar-refractivity contribution in [1.82, 2.24) is 4.98 Å². The van der Waals surface area contributed by atoms with Gasteiger partial charge in [-0.1, -0.05) is 30.1 Å². The van der Waals surface area contributed by atoms with Gasteiger partial charge < -0.3 is 5.73 Å². The third-order valence-corrected chi connectivity index (χ3v) is 2.58. The minimum absolute atomic E-state index is 0.484. The standard InChI is InChI=1S/C9H12Cl2N2/c1-3-9(2,12)8-7(11)4-6(10)5-13-8/h4-5H,3,12H2,1-2H3. The minimum atomic E-state index is -0.484. The van der Waals surface area contributed by atoms with Crippen LogP contribution in [0.15, 0.2) is 12.3 Å². The molecule has 0 fully saturated rings. The topological polar surface area (TPSA) is 38.9 Å². The van der Waals surface area contributed by atoms with Gasteiger partial charge in [0, 0.05) is 6.20 Å². The SMILES string of the molecule is CCC(C)(N)c1ncc(Cl)cc1Cl. The summed E-state index contributed by atoms with van der Waals surface area (Å²) in [7, 11) is 0. The maximum Gasteiger partial charge on any atom is 0.0786 e. The van der Waals surface area contributed by atoms with Crippen molar-refractivity contribution in [1.29, 1.82) is 0 Å². The summed E-state index contributed by atoms with van der Waals surface area (Å²) in [5.41, 5.74) is 6.21. The van der Waals surface area contributed by atoms with Gasteiger partial charge in [-0.15, -0.1) is 0 Å². The molecule has 0 radical (unpaired) electrons. The quantitative estimate of drug-likeness (QED) is 0.830. The second-order valence-corrected chi connectivity index (χ2v) is 4.10. The number of nitrogens with two attached hydrogens (primary N) is 1. The second kappa shape index (κ2) is 3.82. The molecular weight excluding hydrogens is 207 g/mol. The number of aromatic nitrogens is 1. The summed E-state index contributed by atoms with van der Waals surface area (Å²) in [6.45, 7) is 3.89. The Kier molecular flexibility index (Phi) is 3.17. The molecule has 0 saturated carbocycles. The van der Waals surface area contributed by atoms with E-state index in [1.54, 1.807) is 12.3 Å². The Morgan fingerprint density at radius 1 is 1.54 bits per heavy atom. The normalized spacial score (nSPS) is 15.5. The molecule has 13 heavy (non-hydrogen) atoms. The first-order chi connectivity index (χ1) is 5.97. The summed E-state index contributed by atoms with van der Waals surface area (Å²) in [6.07, 6.45) is 2.34. The predicted octanol–water partition coefficient (Wildman–Crippen LogP) is 2.97. The lowest BCUT2D eigenvalue weighted by Crippen LogP contribution is -2.33. The van der Waals surface area contributed by atoms with Crippen molar-refractivity contribution < 1.29 is 0 Å². The molecule has 0 amide bonds. The van der Waals surface area contributed by atoms with Crippen molar-refractivity contribution in [3.63, 3.8) is 0 Å². The number of halogens is 2. The molecule has 0 aromatic carbocycles. The smallest absolute Gasteiger partial charge is 0.0786 e. The molecule has 1 unspecified atom stereocenters. The zero-order chi connectivity index (χ0) is 10.1. The highest BCUT2D eigenvalue weighted by Crippen LogP contribution is 2.28. The van der Waals surface area contributed by atoms with Crippen molar-refractivity contribution >= 4 is 23.2 Å². The first-order valence-electron chi connectivity index (χ1n) is 4.08. The number of pyridine rings is 1. The van der Waals surface area contributed by atoms with Crippen LogP contribution in [0.25, 0.3) is 0 Å². The summed E-state index contributed by atoms with van der Waals surface area (Å²) in [5.74, 6) is 0. The molecule has 0 bridgehead atoms. The summed E-state index contributed by atoms with van der Waals surface area (Å²) >= 11 is 11.7. The van der Waals surface area contributed by atoms with Crippen LogP contribution in [0.4, 0.5) is 0 Å². The van der Waals surface area contributed by atoms with Gasteiger partial charge in [-0.25, -0.2) is 0 Å². The van der Waals surface area contributed by atoms with Crippen molar-refractivity contribution in [2.45, 2.75) is 25.8 Å². The molecule has 4 heteroatoms. The predicted molar refractivity (Wildman–Crippen MR) is 56.1 cm³/mol. The van der Waals surface area contributed by atoms with Gasteiger partial charge in [-0.3, -0.25) is 4.98 Å². The lowest BCUT2D eigenvalue weighted by atomic mass is 9.95. The van der Waals surface area contributed by atoms with E-state index in [1.807, 2.05) is 13.8 Å². The maximum absolute atomic E-state index is 6.00. The van der Waals surface area contributed by atoms with Crippen molar-refractivity contribution in [3.8, 4) is 0 Å². The van der Waals surface area contributed by atoms with Gasteiger partial charge in [0.05, 0.1) is 21.3 Å². The number of hydrogen-bond acceptors (Lipinski definition) is 2. The average molecular weight is 219 g/mol. The van der Waals surface area contributed by atoms with Gasteiger partial charge in [0.15, 0.2) is 0 Å². The van der Waals surface area contributed by atoms with Crippen molar-refractivity contribution in [3.05, 3.63) is 28.0 Å². The summed E-state index contributed by atoms with van der Waals surface area (Å²) in [5, 5.41) is 1.06. The molecule has 72 valence electrons. The fourth-order valence-electron chi connectivity index (χ4n) is 1.00. The molecule has 0 aliphatic heterocycles. The lowest BCUT2D eigenvalue weighted by Gasteiger charge is -2.22. The third kappa shape index (κ3) is 2.33. The van der Waals surface area contributed by atoms with E-state index >= 15 is 0 Å². The van der Waals surface area contributed by atoms with Gasteiger partial charge in [-0.2, -0.15) is 0 Å². The molecule has 2 N–H and O–H groups in total. The minimum Gasteiger partial charge on any atom is -0.320 e. The Labute approximate surface area is 88.1 Å². The third-order valence-electron chi connectivity index (χ3n) is 2.08. The van der Waals surface area contributed by atoms with Gasteiger partial charge in [-0.05, 0) is 19.4 Å². The molecule has 1 atom stereocenters. The molecule has 1 aromatic rings. The number of hydrogen-bond donors (Lipinski definition) is 1. The molecule has 1 aromatic heterocycles. The molecule has 1 heterocycles. The molecule has 0 spiro atoms. The van der Waals surface area contributed by atoms with Crippen LogP contribution in [0.1, 0.15) is 26.0 Å². The largest absolute Gasteiger partial charge is 0.320 e. The molecule has 0 saturated heterocycles. The van der Waals surface area contributed by atoms with Crippen LogP contribution in [0.5, 0.6) is 0 Å². The number of nitrogens with zero attached hydrogens (tertiary/aromatic N) is 1. The van der Waals surface area contributed by atoms with E-state index in [9.17, 15) is 0 Å². The van der Waals surface area contributed by atoms with Crippen LogP contribution in [0.2, 0.25) is 10.0 Å². The zero-order valence-electron chi connectivity index (χ0n) is 7.64. The highest BCUT2D eigenvalue weighted by atomic mass is 35.5. The fraction of sp³-hybridized carbons (Fsp3) is 0.444. The van der Waals surface area contributed by atoms with Gasteiger partial charge in [0.1, 0.15) is 0 Å². The first-order valence-corrected chi connectivity index (χ1v) is 4.83. The van der Waals surface area contributed by atoms with Crippen LogP contribution in [-0.2, 0) is 5.54 Å². The Balaban J connectivity index is 3.16. The second-order valence-electron chi connectivity index (χ2n) is 3.25. The van der Waals surface area contributed by atoms with Crippen LogP contribution < -0.4 is 5.73 Å². The van der Waals surface area contributed by atoms with Gasteiger partial charge in [0.2, 0.25) is 0 Å². The Hall–Kier alpha value is -0.310. The van der Waals surface area contributed by atoms with Crippen LogP contribution >= 0.6 is 23.2 Å². The van der Waals surface area contributed by atoms with E-state index in [0.29, 0.717) is 15.7 Å². The molecule has 1 rings (SSSR count). The Morgan fingerprint density at radius 2 is 2.15 bits per heavy atom. The fourth-order valence-corrected chi connectivity index (χ4v) is 1.60. The van der Waals surface area contributed by atoms with E-state index in [4.69, 9.17) is 28.9 Å². The van der Waals surface area contributed by atoms with Gasteiger partial charge >= 0.3 is 0 Å². The molecule has 0 aliphatic carbocycles. The van der Waals surface area contributed by atoms with Crippen LogP contribution in [-0.4, -0.2) is 4.98 Å². The monoisotopic (exact) mass is 218 g/mol. The summed E-state index contributed by atoms with van der Waals surface area (Å²) < 4.78 is 0. The van der Waals surface area contributed by atoms with E-state index in [-0.39, 0.29) is 0 Å². The van der Waals surface area contributed by atoms with Crippen molar-refractivity contribution in [2.75, 3.05) is 0 Å². The average Bonchev–Trinajstić information content (AvgIpc) is 2.03. The number of rotatable bonds is 2. The summed E-state index contributed by atoms with van der Waals surface area (Å²) in [6, 6.07) is 1.66. The molecular formula is C9H12Cl2N2. The van der Waals surface area contributed by atoms with Crippen LogP contribution in [0, 0.1) is 0 Å². The highest BCUT2D eigenvalue weighted by molar-refractivity contribution is 6.34. The highest BCUT2D eigenvalue weighted by Gasteiger charge is 2.23. The van der Waals surface area contributed by atoms with Gasteiger partial charge in [0.25, 0.3) is 0 Å². The summed E-state index contributed by atoms with van der Waals surface area (Å²) in [4.78, 5) is 4.13.